The number of hydrogen-bond donors (Lipinski definition) is 1. The first-order valence-electron chi connectivity index (χ1n) is 9.05. The molecule has 1 atom stereocenters. The van der Waals surface area contributed by atoms with Crippen LogP contribution in [-0.4, -0.2) is 53.4 Å². The van der Waals surface area contributed by atoms with Crippen LogP contribution < -0.4 is 10.1 Å². The fourth-order valence-electron chi connectivity index (χ4n) is 3.61. The van der Waals surface area contributed by atoms with Crippen LogP contribution in [-0.2, 0) is 0 Å². The minimum Gasteiger partial charge on any atom is -0.494 e. The van der Waals surface area contributed by atoms with Crippen LogP contribution in [0.2, 0.25) is 0 Å². The van der Waals surface area contributed by atoms with Gasteiger partial charge < -0.3 is 15.0 Å². The monoisotopic (exact) mass is 367 g/mol. The highest BCUT2D eigenvalue weighted by atomic mass is 19.1. The molecule has 0 amide bonds. The highest BCUT2D eigenvalue weighted by Crippen LogP contribution is 2.31. The molecule has 4 rings (SSSR count). The molecule has 0 radical (unpaired) electrons. The van der Waals surface area contributed by atoms with Crippen molar-refractivity contribution in [3.05, 3.63) is 42.5 Å². The maximum atomic E-state index is 14.2. The van der Waals surface area contributed by atoms with Crippen molar-refractivity contribution in [3.8, 4) is 17.0 Å². The predicted octanol–water partition coefficient (Wildman–Crippen LogP) is 3.35. The van der Waals surface area contributed by atoms with E-state index in [9.17, 15) is 4.39 Å². The van der Waals surface area contributed by atoms with Crippen LogP contribution in [0, 0.1) is 5.82 Å². The Kier molecular flexibility index (Phi) is 4.85. The number of rotatable bonds is 4. The third-order valence-corrected chi connectivity index (χ3v) is 4.97. The number of hydrogen-bond acceptors (Lipinski definition) is 6. The molecule has 0 spiro atoms. The largest absolute Gasteiger partial charge is 0.494 e. The number of benzene rings is 1. The molecule has 1 aliphatic heterocycles. The van der Waals surface area contributed by atoms with Crippen molar-refractivity contribution in [1.29, 1.82) is 0 Å². The Morgan fingerprint density at radius 3 is 2.89 bits per heavy atom. The van der Waals surface area contributed by atoms with Crippen molar-refractivity contribution in [3.63, 3.8) is 0 Å². The summed E-state index contributed by atoms with van der Waals surface area (Å²) in [4.78, 5) is 6.56. The summed E-state index contributed by atoms with van der Waals surface area (Å²) in [6.45, 7) is 2.09. The van der Waals surface area contributed by atoms with Crippen LogP contribution in [0.25, 0.3) is 22.0 Å². The van der Waals surface area contributed by atoms with Crippen molar-refractivity contribution < 1.29 is 9.13 Å². The van der Waals surface area contributed by atoms with Gasteiger partial charge in [-0.3, -0.25) is 4.98 Å². The number of fused-ring (bicyclic) bond motifs is 1. The van der Waals surface area contributed by atoms with E-state index in [1.807, 2.05) is 6.07 Å². The molecule has 7 heteroatoms. The topological polar surface area (TPSA) is 63.2 Å². The van der Waals surface area contributed by atoms with E-state index in [1.165, 1.54) is 13.2 Å². The Morgan fingerprint density at radius 2 is 2.11 bits per heavy atom. The van der Waals surface area contributed by atoms with E-state index in [0.29, 0.717) is 17.3 Å². The molecule has 1 aromatic carbocycles. The maximum Gasteiger partial charge on any atom is 0.165 e. The summed E-state index contributed by atoms with van der Waals surface area (Å²) < 4.78 is 19.2. The van der Waals surface area contributed by atoms with E-state index < -0.39 is 5.82 Å². The van der Waals surface area contributed by atoms with E-state index in [1.54, 1.807) is 24.5 Å². The van der Waals surface area contributed by atoms with Gasteiger partial charge in [-0.1, -0.05) is 0 Å². The highest BCUT2D eigenvalue weighted by molar-refractivity contribution is 5.99. The second-order valence-electron chi connectivity index (χ2n) is 6.91. The van der Waals surface area contributed by atoms with Crippen LogP contribution in [0.5, 0.6) is 5.75 Å². The van der Waals surface area contributed by atoms with E-state index in [-0.39, 0.29) is 5.75 Å². The summed E-state index contributed by atoms with van der Waals surface area (Å²) >= 11 is 0. The number of pyridine rings is 1. The van der Waals surface area contributed by atoms with Crippen LogP contribution in [0.15, 0.2) is 36.7 Å². The lowest BCUT2D eigenvalue weighted by molar-refractivity contribution is 0.261. The zero-order valence-corrected chi connectivity index (χ0v) is 15.4. The molecule has 140 valence electrons. The maximum absolute atomic E-state index is 14.2. The number of likely N-dealkylation sites (N-methyl/N-ethyl adjacent to an activating group) is 1. The number of likely N-dealkylation sites (tertiary alicyclic amines) is 1. The zero-order valence-electron chi connectivity index (χ0n) is 15.4. The Balaban J connectivity index is 1.73. The molecule has 1 saturated heterocycles. The lowest BCUT2D eigenvalue weighted by Gasteiger charge is -2.30. The van der Waals surface area contributed by atoms with Crippen molar-refractivity contribution in [2.24, 2.45) is 0 Å². The average Bonchev–Trinajstić information content (AvgIpc) is 2.68. The van der Waals surface area contributed by atoms with E-state index in [4.69, 9.17) is 4.74 Å². The standard InChI is InChI=1S/C20H22FN5O/c1-26-9-3-4-14(12-26)23-20-16-11-22-8-7-15(16)19(24-25-20)13-5-6-18(27-2)17(21)10-13/h5-8,10-11,14H,3-4,9,12H2,1-2H3,(H,23,25)/t14-/m1/s1. The van der Waals surface area contributed by atoms with Gasteiger partial charge >= 0.3 is 0 Å². The molecule has 0 bridgehead atoms. The third kappa shape index (κ3) is 3.55. The second kappa shape index (κ2) is 7.44. The molecular formula is C20H22FN5O. The normalized spacial score (nSPS) is 17.8. The quantitative estimate of drug-likeness (QED) is 0.763. The highest BCUT2D eigenvalue weighted by Gasteiger charge is 2.19. The molecule has 1 aliphatic rings. The number of nitrogens with zero attached hydrogens (tertiary/aromatic N) is 4. The van der Waals surface area contributed by atoms with Crippen molar-refractivity contribution >= 4 is 16.6 Å². The first-order valence-corrected chi connectivity index (χ1v) is 9.05. The summed E-state index contributed by atoms with van der Waals surface area (Å²) in [7, 11) is 3.57. The molecule has 2 aromatic heterocycles. The Morgan fingerprint density at radius 1 is 1.22 bits per heavy atom. The second-order valence-corrected chi connectivity index (χ2v) is 6.91. The van der Waals surface area contributed by atoms with Crippen molar-refractivity contribution in [2.45, 2.75) is 18.9 Å². The smallest absolute Gasteiger partial charge is 0.165 e. The minimum atomic E-state index is -0.425. The van der Waals surface area contributed by atoms with E-state index in [2.05, 4.69) is 32.4 Å². The van der Waals surface area contributed by atoms with Gasteiger partial charge in [-0.25, -0.2) is 4.39 Å². The summed E-state index contributed by atoms with van der Waals surface area (Å²) in [6.07, 6.45) is 5.74. The molecule has 3 aromatic rings. The van der Waals surface area contributed by atoms with Crippen molar-refractivity contribution in [1.82, 2.24) is 20.1 Å². The molecule has 3 heterocycles. The number of aromatic nitrogens is 3. The zero-order chi connectivity index (χ0) is 18.8. The van der Waals surface area contributed by atoms with Gasteiger partial charge in [0.2, 0.25) is 0 Å². The molecule has 0 aliphatic carbocycles. The van der Waals surface area contributed by atoms with Crippen LogP contribution in [0.4, 0.5) is 10.2 Å². The predicted molar refractivity (Wildman–Crippen MR) is 103 cm³/mol. The summed E-state index contributed by atoms with van der Waals surface area (Å²) in [6, 6.07) is 7.02. The first-order chi connectivity index (χ1) is 13.2. The Hall–Kier alpha value is -2.80. The number of piperidine rings is 1. The molecular weight excluding hydrogens is 345 g/mol. The summed E-state index contributed by atoms with van der Waals surface area (Å²) in [5.41, 5.74) is 1.28. The number of anilines is 1. The number of nitrogens with one attached hydrogen (secondary N) is 1. The molecule has 0 saturated carbocycles. The summed E-state index contributed by atoms with van der Waals surface area (Å²) in [5.74, 6) is 0.500. The average molecular weight is 367 g/mol. The third-order valence-electron chi connectivity index (χ3n) is 4.97. The van der Waals surface area contributed by atoms with Crippen LogP contribution in [0.3, 0.4) is 0 Å². The van der Waals surface area contributed by atoms with Crippen LogP contribution >= 0.6 is 0 Å². The van der Waals surface area contributed by atoms with Gasteiger partial charge in [0.25, 0.3) is 0 Å². The number of halogens is 1. The van der Waals surface area contributed by atoms with Gasteiger partial charge in [-0.15, -0.1) is 10.2 Å². The molecule has 1 fully saturated rings. The summed E-state index contributed by atoms with van der Waals surface area (Å²) in [5, 5.41) is 14.1. The SMILES string of the molecule is COc1ccc(-c2nnc(N[C@@H]3CCCN(C)C3)c3cnccc23)cc1F. The van der Waals surface area contributed by atoms with Gasteiger partial charge in [0.1, 0.15) is 5.69 Å². The molecule has 27 heavy (non-hydrogen) atoms. The van der Waals surface area contributed by atoms with Gasteiger partial charge in [0, 0.05) is 41.3 Å². The van der Waals surface area contributed by atoms with Crippen LogP contribution in [0.1, 0.15) is 12.8 Å². The Bertz CT molecular complexity index is 964. The lowest BCUT2D eigenvalue weighted by atomic mass is 10.0. The number of methoxy groups -OCH3 is 1. The fourth-order valence-corrected chi connectivity index (χ4v) is 3.61. The molecule has 1 N–H and O–H groups in total. The molecule has 0 unspecified atom stereocenters. The van der Waals surface area contributed by atoms with E-state index in [0.717, 1.165) is 42.5 Å². The molecule has 6 nitrogen and oxygen atoms in total. The lowest BCUT2D eigenvalue weighted by Crippen LogP contribution is -2.40. The fraction of sp³-hybridized carbons (Fsp3) is 0.350. The van der Waals surface area contributed by atoms with Gasteiger partial charge in [0.15, 0.2) is 17.4 Å². The van der Waals surface area contributed by atoms with Gasteiger partial charge in [-0.2, -0.15) is 0 Å². The van der Waals surface area contributed by atoms with Gasteiger partial charge in [-0.05, 0) is 50.7 Å². The number of ether oxygens (including phenoxy) is 1. The van der Waals surface area contributed by atoms with E-state index >= 15 is 0 Å². The first kappa shape index (κ1) is 17.6. The minimum absolute atomic E-state index is 0.206. The van der Waals surface area contributed by atoms with Crippen molar-refractivity contribution in [2.75, 3.05) is 32.6 Å². The Labute approximate surface area is 157 Å². The van der Waals surface area contributed by atoms with Gasteiger partial charge in [0.05, 0.1) is 7.11 Å².